The van der Waals surface area contributed by atoms with E-state index in [9.17, 15) is 4.79 Å². The Morgan fingerprint density at radius 2 is 2.23 bits per heavy atom. The second-order valence-corrected chi connectivity index (χ2v) is 5.86. The Morgan fingerprint density at radius 3 is 2.91 bits per heavy atom. The van der Waals surface area contributed by atoms with E-state index in [1.165, 1.54) is 6.33 Å². The van der Waals surface area contributed by atoms with E-state index >= 15 is 0 Å². The summed E-state index contributed by atoms with van der Waals surface area (Å²) in [6, 6.07) is 8.29. The third-order valence-corrected chi connectivity index (χ3v) is 4.03. The van der Waals surface area contributed by atoms with E-state index in [-0.39, 0.29) is 11.8 Å². The molecule has 116 valence electrons. The number of nitrogens with zero attached hydrogens (tertiary/aromatic N) is 3. The summed E-state index contributed by atoms with van der Waals surface area (Å²) >= 11 is 0. The van der Waals surface area contributed by atoms with Crippen LogP contribution in [-0.4, -0.2) is 33.3 Å². The van der Waals surface area contributed by atoms with Gasteiger partial charge in [-0.25, -0.2) is 9.67 Å². The number of rotatable bonds is 4. The molecule has 1 aromatic carbocycles. The fourth-order valence-corrected chi connectivity index (χ4v) is 2.81. The lowest BCUT2D eigenvalue weighted by molar-refractivity contribution is -0.120. The first-order chi connectivity index (χ1) is 10.7. The highest BCUT2D eigenvalue weighted by Crippen LogP contribution is 2.19. The zero-order chi connectivity index (χ0) is 15.4. The van der Waals surface area contributed by atoms with Crippen LogP contribution in [0.4, 0.5) is 5.69 Å². The lowest BCUT2D eigenvalue weighted by Crippen LogP contribution is -2.40. The van der Waals surface area contributed by atoms with Crippen LogP contribution in [0, 0.1) is 5.92 Å². The summed E-state index contributed by atoms with van der Waals surface area (Å²) in [6.07, 6.45) is 5.01. The number of amides is 1. The molecule has 3 rings (SSSR count). The molecule has 0 unspecified atom stereocenters. The van der Waals surface area contributed by atoms with Gasteiger partial charge >= 0.3 is 0 Å². The predicted octanol–water partition coefficient (Wildman–Crippen LogP) is 1.65. The molecule has 0 spiro atoms. The fraction of sp³-hybridized carbons (Fsp3) is 0.438. The third-order valence-electron chi connectivity index (χ3n) is 4.03. The molecular formula is C16H21N5O. The van der Waals surface area contributed by atoms with Gasteiger partial charge in [-0.3, -0.25) is 4.79 Å². The van der Waals surface area contributed by atoms with Gasteiger partial charge in [0.2, 0.25) is 5.91 Å². The molecule has 1 aliphatic rings. The summed E-state index contributed by atoms with van der Waals surface area (Å²) in [5.74, 6) is 0.225. The lowest BCUT2D eigenvalue weighted by Gasteiger charge is -2.27. The highest BCUT2D eigenvalue weighted by Gasteiger charge is 2.24. The predicted molar refractivity (Wildman–Crippen MR) is 84.4 cm³/mol. The molecule has 1 amide bonds. The highest BCUT2D eigenvalue weighted by molar-refractivity contribution is 5.92. The first kappa shape index (κ1) is 14.7. The maximum absolute atomic E-state index is 12.3. The summed E-state index contributed by atoms with van der Waals surface area (Å²) in [4.78, 5) is 16.2. The molecule has 0 bridgehead atoms. The quantitative estimate of drug-likeness (QED) is 0.900. The van der Waals surface area contributed by atoms with Gasteiger partial charge < -0.3 is 10.6 Å². The van der Waals surface area contributed by atoms with Crippen molar-refractivity contribution >= 4 is 11.6 Å². The second kappa shape index (κ2) is 6.70. The van der Waals surface area contributed by atoms with Crippen LogP contribution in [0.1, 0.15) is 25.3 Å². The van der Waals surface area contributed by atoms with Gasteiger partial charge in [0.05, 0.1) is 6.54 Å². The molecule has 6 nitrogen and oxygen atoms in total. The molecule has 0 radical (unpaired) electrons. The van der Waals surface area contributed by atoms with E-state index in [1.54, 1.807) is 11.0 Å². The summed E-state index contributed by atoms with van der Waals surface area (Å²) in [5.41, 5.74) is 1.97. The molecular weight excluding hydrogens is 278 g/mol. The normalized spacial score (nSPS) is 21.5. The first-order valence-electron chi connectivity index (χ1n) is 7.66. The van der Waals surface area contributed by atoms with Gasteiger partial charge in [-0.15, -0.1) is 0 Å². The minimum Gasteiger partial charge on any atom is -0.326 e. The summed E-state index contributed by atoms with van der Waals surface area (Å²) in [5, 5.41) is 10.5. The molecule has 2 heterocycles. The third kappa shape index (κ3) is 3.71. The van der Waals surface area contributed by atoms with Gasteiger partial charge in [0.15, 0.2) is 0 Å². The minimum atomic E-state index is 0.103. The van der Waals surface area contributed by atoms with E-state index in [1.807, 2.05) is 24.3 Å². The largest absolute Gasteiger partial charge is 0.326 e. The van der Waals surface area contributed by atoms with Crippen molar-refractivity contribution in [3.8, 4) is 0 Å². The van der Waals surface area contributed by atoms with Crippen molar-refractivity contribution < 1.29 is 4.79 Å². The molecule has 1 aliphatic heterocycles. The van der Waals surface area contributed by atoms with Crippen molar-refractivity contribution in [1.29, 1.82) is 0 Å². The van der Waals surface area contributed by atoms with Crippen LogP contribution in [0.15, 0.2) is 36.9 Å². The lowest BCUT2D eigenvalue weighted by atomic mass is 9.92. The number of carbonyl (C=O) groups excluding carboxylic acids is 1. The number of aromatic nitrogens is 3. The van der Waals surface area contributed by atoms with Crippen molar-refractivity contribution in [2.24, 2.45) is 5.92 Å². The van der Waals surface area contributed by atoms with E-state index in [2.05, 4.69) is 27.6 Å². The van der Waals surface area contributed by atoms with Crippen LogP contribution < -0.4 is 10.6 Å². The van der Waals surface area contributed by atoms with Crippen molar-refractivity contribution in [3.63, 3.8) is 0 Å². The van der Waals surface area contributed by atoms with Crippen molar-refractivity contribution in [3.05, 3.63) is 42.5 Å². The molecule has 6 heteroatoms. The van der Waals surface area contributed by atoms with Crippen LogP contribution >= 0.6 is 0 Å². The molecule has 0 saturated carbocycles. The van der Waals surface area contributed by atoms with Gasteiger partial charge in [0.25, 0.3) is 0 Å². The van der Waals surface area contributed by atoms with Gasteiger partial charge in [0.1, 0.15) is 12.7 Å². The van der Waals surface area contributed by atoms with E-state index < -0.39 is 0 Å². The smallest absolute Gasteiger partial charge is 0.227 e. The summed E-state index contributed by atoms with van der Waals surface area (Å²) < 4.78 is 1.77. The molecule has 1 fully saturated rings. The highest BCUT2D eigenvalue weighted by atomic mass is 16.1. The number of piperidine rings is 1. The molecule has 2 N–H and O–H groups in total. The van der Waals surface area contributed by atoms with Crippen molar-refractivity contribution in [2.45, 2.75) is 32.4 Å². The van der Waals surface area contributed by atoms with Crippen molar-refractivity contribution in [1.82, 2.24) is 20.1 Å². The number of hydrogen-bond donors (Lipinski definition) is 2. The van der Waals surface area contributed by atoms with Gasteiger partial charge in [-0.05, 0) is 44.0 Å². The number of anilines is 1. The van der Waals surface area contributed by atoms with E-state index in [0.717, 1.165) is 30.6 Å². The average Bonchev–Trinajstić information content (AvgIpc) is 3.02. The van der Waals surface area contributed by atoms with Crippen molar-refractivity contribution in [2.75, 3.05) is 11.9 Å². The summed E-state index contributed by atoms with van der Waals surface area (Å²) in [7, 11) is 0. The average molecular weight is 299 g/mol. The van der Waals surface area contributed by atoms with Crippen LogP contribution in [-0.2, 0) is 11.3 Å². The topological polar surface area (TPSA) is 71.8 Å². The van der Waals surface area contributed by atoms with Gasteiger partial charge in [-0.2, -0.15) is 5.10 Å². The molecule has 1 saturated heterocycles. The monoisotopic (exact) mass is 299 g/mol. The maximum Gasteiger partial charge on any atom is 0.227 e. The zero-order valence-corrected chi connectivity index (χ0v) is 12.7. The van der Waals surface area contributed by atoms with Crippen LogP contribution in [0.25, 0.3) is 0 Å². The maximum atomic E-state index is 12.3. The van der Waals surface area contributed by atoms with E-state index in [0.29, 0.717) is 12.6 Å². The van der Waals surface area contributed by atoms with Gasteiger partial charge in [-0.1, -0.05) is 12.1 Å². The number of carbonyl (C=O) groups is 1. The first-order valence-corrected chi connectivity index (χ1v) is 7.66. The molecule has 0 aliphatic carbocycles. The van der Waals surface area contributed by atoms with Crippen LogP contribution in [0.3, 0.4) is 0 Å². The number of hydrogen-bond acceptors (Lipinski definition) is 4. The van der Waals surface area contributed by atoms with Crippen LogP contribution in [0.5, 0.6) is 0 Å². The molecule has 2 atom stereocenters. The van der Waals surface area contributed by atoms with Crippen LogP contribution in [0.2, 0.25) is 0 Å². The Kier molecular flexibility index (Phi) is 4.48. The Labute approximate surface area is 129 Å². The van der Waals surface area contributed by atoms with E-state index in [4.69, 9.17) is 0 Å². The minimum absolute atomic E-state index is 0.103. The molecule has 22 heavy (non-hydrogen) atoms. The number of nitrogens with one attached hydrogen (secondary N) is 2. The zero-order valence-electron chi connectivity index (χ0n) is 12.7. The Bertz CT molecular complexity index is 608. The Hall–Kier alpha value is -2.21. The molecule has 1 aromatic heterocycles. The second-order valence-electron chi connectivity index (χ2n) is 5.86. The SMILES string of the molecule is C[C@H]1C[C@@H](C(=O)Nc2ccc(Cn3cncn3)cc2)CCN1. The molecule has 2 aromatic rings. The Balaban J connectivity index is 1.57. The standard InChI is InChI=1S/C16H21N5O/c1-12-8-14(6-7-18-12)16(22)20-15-4-2-13(3-5-15)9-21-11-17-10-19-21/h2-5,10-12,14,18H,6-9H2,1H3,(H,20,22)/t12-,14-/m0/s1. The Morgan fingerprint density at radius 1 is 1.41 bits per heavy atom. The van der Waals surface area contributed by atoms with Gasteiger partial charge in [0, 0.05) is 17.6 Å². The summed E-state index contributed by atoms with van der Waals surface area (Å²) in [6.45, 7) is 3.72. The number of benzene rings is 1. The fourth-order valence-electron chi connectivity index (χ4n) is 2.81.